The van der Waals surface area contributed by atoms with Crippen molar-refractivity contribution in [3.8, 4) is 0 Å². The first-order chi connectivity index (χ1) is 9.43. The largest absolute Gasteiger partial charge is 0.511 e. The minimum Gasteiger partial charge on any atom is -0.511 e. The SMILES string of the molecule is O=C(O)C1=C(O)C(c2ccccc2)C(C(=O)O)=C(O)C1. The number of carboxylic acids is 2. The molecule has 6 nitrogen and oxygen atoms in total. The summed E-state index contributed by atoms with van der Waals surface area (Å²) in [4.78, 5) is 22.3. The summed E-state index contributed by atoms with van der Waals surface area (Å²) in [5.74, 6) is -5.08. The molecule has 1 unspecified atom stereocenters. The highest BCUT2D eigenvalue weighted by Crippen LogP contribution is 2.39. The molecule has 1 aromatic carbocycles. The maximum Gasteiger partial charge on any atom is 0.336 e. The first kappa shape index (κ1) is 13.7. The Bertz CT molecular complexity index is 626. The van der Waals surface area contributed by atoms with Crippen molar-refractivity contribution in [2.45, 2.75) is 12.3 Å². The van der Waals surface area contributed by atoms with E-state index in [-0.39, 0.29) is 0 Å². The summed E-state index contributed by atoms with van der Waals surface area (Å²) < 4.78 is 0. The highest BCUT2D eigenvalue weighted by atomic mass is 16.4. The van der Waals surface area contributed by atoms with Gasteiger partial charge in [-0.3, -0.25) is 0 Å². The molecule has 2 rings (SSSR count). The van der Waals surface area contributed by atoms with E-state index in [4.69, 9.17) is 5.11 Å². The summed E-state index contributed by atoms with van der Waals surface area (Å²) in [5.41, 5.74) is -0.410. The predicted octanol–water partition coefficient (Wildman–Crippen LogP) is 1.97. The van der Waals surface area contributed by atoms with Gasteiger partial charge in [0.15, 0.2) is 0 Å². The van der Waals surface area contributed by atoms with Crippen molar-refractivity contribution in [1.82, 2.24) is 0 Å². The second kappa shape index (κ2) is 5.08. The van der Waals surface area contributed by atoms with E-state index in [1.807, 2.05) is 0 Å². The van der Waals surface area contributed by atoms with Gasteiger partial charge >= 0.3 is 11.9 Å². The van der Waals surface area contributed by atoms with Crippen molar-refractivity contribution in [3.63, 3.8) is 0 Å². The second-order valence-corrected chi connectivity index (χ2v) is 4.35. The lowest BCUT2D eigenvalue weighted by molar-refractivity contribution is -0.135. The van der Waals surface area contributed by atoms with Gasteiger partial charge in [-0.15, -0.1) is 0 Å². The molecule has 1 aliphatic rings. The van der Waals surface area contributed by atoms with Crippen molar-refractivity contribution in [2.75, 3.05) is 0 Å². The van der Waals surface area contributed by atoms with Gasteiger partial charge in [-0.2, -0.15) is 0 Å². The number of rotatable bonds is 3. The van der Waals surface area contributed by atoms with Crippen LogP contribution in [0.3, 0.4) is 0 Å². The summed E-state index contributed by atoms with van der Waals surface area (Å²) in [6, 6.07) is 8.08. The first-order valence-corrected chi connectivity index (χ1v) is 5.79. The number of aliphatic hydroxyl groups is 2. The molecule has 1 aliphatic carbocycles. The van der Waals surface area contributed by atoms with Crippen LogP contribution in [0.1, 0.15) is 17.9 Å². The summed E-state index contributed by atoms with van der Waals surface area (Å²) >= 11 is 0. The van der Waals surface area contributed by atoms with Crippen LogP contribution in [0, 0.1) is 0 Å². The fraction of sp³-hybridized carbons (Fsp3) is 0.143. The first-order valence-electron chi connectivity index (χ1n) is 5.79. The molecule has 0 aromatic heterocycles. The molecule has 0 fully saturated rings. The van der Waals surface area contributed by atoms with Crippen LogP contribution in [-0.4, -0.2) is 32.4 Å². The Balaban J connectivity index is 2.64. The van der Waals surface area contributed by atoms with Gasteiger partial charge in [0.05, 0.1) is 17.1 Å². The van der Waals surface area contributed by atoms with Crippen molar-refractivity contribution in [1.29, 1.82) is 0 Å². The number of hydrogen-bond acceptors (Lipinski definition) is 4. The van der Waals surface area contributed by atoms with Crippen LogP contribution in [0.25, 0.3) is 0 Å². The van der Waals surface area contributed by atoms with Crippen molar-refractivity contribution in [2.24, 2.45) is 0 Å². The number of benzene rings is 1. The van der Waals surface area contributed by atoms with Gasteiger partial charge in [0.2, 0.25) is 0 Å². The minimum absolute atomic E-state index is 0.396. The number of aliphatic hydroxyl groups excluding tert-OH is 2. The van der Waals surface area contributed by atoms with Crippen molar-refractivity contribution < 1.29 is 30.0 Å². The van der Waals surface area contributed by atoms with Gasteiger partial charge in [-0.05, 0) is 5.56 Å². The van der Waals surface area contributed by atoms with Crippen molar-refractivity contribution >= 4 is 11.9 Å². The molecule has 0 aliphatic heterocycles. The summed E-state index contributed by atoms with van der Waals surface area (Å²) in [5, 5.41) is 38.1. The van der Waals surface area contributed by atoms with Gasteiger partial charge in [-0.25, -0.2) is 9.59 Å². The molecule has 1 aromatic rings. The fourth-order valence-electron chi connectivity index (χ4n) is 2.23. The lowest BCUT2D eigenvalue weighted by Gasteiger charge is -2.25. The Morgan fingerprint density at radius 3 is 2.10 bits per heavy atom. The summed E-state index contributed by atoms with van der Waals surface area (Å²) in [6.45, 7) is 0. The molecule has 0 amide bonds. The Morgan fingerprint density at radius 2 is 1.60 bits per heavy atom. The molecule has 4 N–H and O–H groups in total. The van der Waals surface area contributed by atoms with E-state index in [1.54, 1.807) is 30.3 Å². The molecule has 0 saturated carbocycles. The van der Waals surface area contributed by atoms with E-state index >= 15 is 0 Å². The Hall–Kier alpha value is -2.76. The molecule has 0 saturated heterocycles. The lowest BCUT2D eigenvalue weighted by Crippen LogP contribution is -2.23. The van der Waals surface area contributed by atoms with Crippen LogP contribution in [0.15, 0.2) is 53.0 Å². The van der Waals surface area contributed by atoms with Crippen LogP contribution in [0.5, 0.6) is 0 Å². The van der Waals surface area contributed by atoms with Crippen LogP contribution < -0.4 is 0 Å². The highest BCUT2D eigenvalue weighted by molar-refractivity contribution is 5.94. The number of aliphatic carboxylic acids is 2. The second-order valence-electron chi connectivity index (χ2n) is 4.35. The molecule has 20 heavy (non-hydrogen) atoms. The minimum atomic E-state index is -1.40. The smallest absolute Gasteiger partial charge is 0.336 e. The van der Waals surface area contributed by atoms with Gasteiger partial charge in [0, 0.05) is 6.42 Å². The molecule has 6 heteroatoms. The molecule has 0 spiro atoms. The van der Waals surface area contributed by atoms with E-state index < -0.39 is 46.9 Å². The summed E-state index contributed by atoms with van der Waals surface area (Å²) in [7, 11) is 0. The standard InChI is InChI=1S/C14H12O6/c15-9-6-8(13(17)18)12(16)10(11(9)14(19)20)7-4-2-1-3-5-7/h1-5,10,15-16H,6H2,(H,17,18)(H,19,20). The van der Waals surface area contributed by atoms with Crippen LogP contribution in [0.4, 0.5) is 0 Å². The zero-order chi connectivity index (χ0) is 14.9. The molecule has 0 bridgehead atoms. The van der Waals surface area contributed by atoms with E-state index in [2.05, 4.69) is 0 Å². The third-order valence-electron chi connectivity index (χ3n) is 3.15. The lowest BCUT2D eigenvalue weighted by atomic mass is 9.81. The number of allylic oxidation sites excluding steroid dienone is 2. The quantitative estimate of drug-likeness (QED) is 0.671. The molecule has 104 valence electrons. The van der Waals surface area contributed by atoms with E-state index in [9.17, 15) is 24.9 Å². The normalized spacial score (nSPS) is 19.1. The Kier molecular flexibility index (Phi) is 3.47. The highest BCUT2D eigenvalue weighted by Gasteiger charge is 2.37. The van der Waals surface area contributed by atoms with Crippen molar-refractivity contribution in [3.05, 3.63) is 58.6 Å². The number of carboxylic acid groups (broad SMARTS) is 2. The number of hydrogen-bond donors (Lipinski definition) is 4. The van der Waals surface area contributed by atoms with Gasteiger partial charge in [0.1, 0.15) is 11.5 Å². The molecular formula is C14H12O6. The number of carbonyl (C=O) groups is 2. The average molecular weight is 276 g/mol. The summed E-state index contributed by atoms with van der Waals surface area (Å²) in [6.07, 6.45) is -0.508. The monoisotopic (exact) mass is 276 g/mol. The van der Waals surface area contributed by atoms with Crippen LogP contribution in [-0.2, 0) is 9.59 Å². The zero-order valence-electron chi connectivity index (χ0n) is 10.3. The third kappa shape index (κ3) is 2.23. The average Bonchev–Trinajstić information content (AvgIpc) is 2.40. The molecule has 1 atom stereocenters. The zero-order valence-corrected chi connectivity index (χ0v) is 10.3. The maximum absolute atomic E-state index is 11.3. The topological polar surface area (TPSA) is 115 Å². The van der Waals surface area contributed by atoms with E-state index in [0.717, 1.165) is 0 Å². The molecule has 0 heterocycles. The van der Waals surface area contributed by atoms with E-state index in [0.29, 0.717) is 5.56 Å². The third-order valence-corrected chi connectivity index (χ3v) is 3.15. The predicted molar refractivity (Wildman–Crippen MR) is 68.4 cm³/mol. The maximum atomic E-state index is 11.3. The van der Waals surface area contributed by atoms with Gasteiger partial charge in [0.25, 0.3) is 0 Å². The van der Waals surface area contributed by atoms with Crippen LogP contribution >= 0.6 is 0 Å². The fourth-order valence-corrected chi connectivity index (χ4v) is 2.23. The molecule has 0 radical (unpaired) electrons. The van der Waals surface area contributed by atoms with E-state index in [1.165, 1.54) is 0 Å². The molecular weight excluding hydrogens is 264 g/mol. The Labute approximate surface area is 113 Å². The van der Waals surface area contributed by atoms with Gasteiger partial charge in [-0.1, -0.05) is 30.3 Å². The Morgan fingerprint density at radius 1 is 1.00 bits per heavy atom. The van der Waals surface area contributed by atoms with Crippen LogP contribution in [0.2, 0.25) is 0 Å². The van der Waals surface area contributed by atoms with Gasteiger partial charge < -0.3 is 20.4 Å².